The first-order valence-electron chi connectivity index (χ1n) is 8.22. The van der Waals surface area contributed by atoms with Crippen molar-refractivity contribution in [2.75, 3.05) is 19.6 Å². The molecule has 0 unspecified atom stereocenters. The van der Waals surface area contributed by atoms with Gasteiger partial charge in [0.25, 0.3) is 5.91 Å². The van der Waals surface area contributed by atoms with Gasteiger partial charge < -0.3 is 21.1 Å². The topological polar surface area (TPSA) is 95.7 Å². The number of primary amides is 1. The van der Waals surface area contributed by atoms with Crippen LogP contribution in [0.3, 0.4) is 0 Å². The molecule has 6 heteroatoms. The Morgan fingerprint density at radius 2 is 1.96 bits per heavy atom. The second kappa shape index (κ2) is 6.48. The van der Waals surface area contributed by atoms with Gasteiger partial charge in [0.05, 0.1) is 5.56 Å². The van der Waals surface area contributed by atoms with E-state index in [9.17, 15) is 14.7 Å². The van der Waals surface area contributed by atoms with Crippen molar-refractivity contribution in [2.45, 2.75) is 32.1 Å². The van der Waals surface area contributed by atoms with Crippen molar-refractivity contribution in [1.82, 2.24) is 10.2 Å². The highest BCUT2D eigenvalue weighted by atomic mass is 16.3. The van der Waals surface area contributed by atoms with Crippen LogP contribution < -0.4 is 11.1 Å². The number of phenols is 1. The van der Waals surface area contributed by atoms with E-state index in [4.69, 9.17) is 5.73 Å². The largest absolute Gasteiger partial charge is 0.507 e. The number of urea groups is 1. The lowest BCUT2D eigenvalue weighted by Crippen LogP contribution is -2.35. The molecule has 2 aliphatic rings. The summed E-state index contributed by atoms with van der Waals surface area (Å²) in [6.07, 6.45) is 5.03. The van der Waals surface area contributed by atoms with Crippen LogP contribution in [0.25, 0.3) is 0 Å². The molecule has 23 heavy (non-hydrogen) atoms. The van der Waals surface area contributed by atoms with Crippen LogP contribution in [0.15, 0.2) is 12.1 Å². The number of nitrogens with one attached hydrogen (secondary N) is 1. The molecule has 1 atom stereocenters. The summed E-state index contributed by atoms with van der Waals surface area (Å²) < 4.78 is 0. The predicted octanol–water partition coefficient (Wildman–Crippen LogP) is 1.40. The second-order valence-corrected chi connectivity index (χ2v) is 6.49. The molecule has 0 aromatic heterocycles. The Kier molecular flexibility index (Phi) is 4.41. The van der Waals surface area contributed by atoms with Gasteiger partial charge in [-0.25, -0.2) is 4.79 Å². The zero-order valence-electron chi connectivity index (χ0n) is 13.2. The Morgan fingerprint density at radius 1 is 1.26 bits per heavy atom. The van der Waals surface area contributed by atoms with Gasteiger partial charge in [0, 0.05) is 19.6 Å². The van der Waals surface area contributed by atoms with E-state index in [2.05, 4.69) is 5.32 Å². The number of hydrogen-bond acceptors (Lipinski definition) is 3. The van der Waals surface area contributed by atoms with E-state index < -0.39 is 6.03 Å². The van der Waals surface area contributed by atoms with Gasteiger partial charge >= 0.3 is 6.03 Å². The number of aromatic hydroxyl groups is 1. The molecule has 124 valence electrons. The number of fused-ring (bicyclic) bond motifs is 1. The van der Waals surface area contributed by atoms with Crippen LogP contribution in [-0.4, -0.2) is 41.6 Å². The van der Waals surface area contributed by atoms with Crippen molar-refractivity contribution < 1.29 is 14.7 Å². The van der Waals surface area contributed by atoms with Gasteiger partial charge in [-0.2, -0.15) is 0 Å². The maximum Gasteiger partial charge on any atom is 0.314 e. The van der Waals surface area contributed by atoms with E-state index in [0.29, 0.717) is 25.2 Å². The van der Waals surface area contributed by atoms with Crippen LogP contribution in [0.2, 0.25) is 0 Å². The molecule has 3 rings (SSSR count). The number of carbonyl (C=O) groups excluding carboxylic acids is 2. The molecule has 4 N–H and O–H groups in total. The first-order chi connectivity index (χ1) is 11.0. The number of hydrogen-bond donors (Lipinski definition) is 3. The van der Waals surface area contributed by atoms with E-state index >= 15 is 0 Å². The van der Waals surface area contributed by atoms with E-state index in [1.807, 2.05) is 6.07 Å². The van der Waals surface area contributed by atoms with E-state index in [-0.39, 0.29) is 17.6 Å². The predicted molar refractivity (Wildman–Crippen MR) is 86.3 cm³/mol. The third-order valence-electron chi connectivity index (χ3n) is 4.85. The van der Waals surface area contributed by atoms with Crippen molar-refractivity contribution in [3.8, 4) is 5.75 Å². The van der Waals surface area contributed by atoms with Crippen molar-refractivity contribution in [3.63, 3.8) is 0 Å². The normalized spacial score (nSPS) is 20.2. The molecule has 6 nitrogen and oxygen atoms in total. The van der Waals surface area contributed by atoms with Crippen molar-refractivity contribution >= 4 is 11.9 Å². The van der Waals surface area contributed by atoms with E-state index in [0.717, 1.165) is 37.7 Å². The second-order valence-electron chi connectivity index (χ2n) is 6.49. The third kappa shape index (κ3) is 3.41. The maximum atomic E-state index is 12.3. The van der Waals surface area contributed by atoms with Crippen LogP contribution in [0.4, 0.5) is 4.79 Å². The van der Waals surface area contributed by atoms with Crippen LogP contribution in [0, 0.1) is 5.92 Å². The molecule has 0 bridgehead atoms. The fourth-order valence-corrected chi connectivity index (χ4v) is 3.49. The van der Waals surface area contributed by atoms with Gasteiger partial charge in [-0.3, -0.25) is 4.79 Å². The van der Waals surface area contributed by atoms with Crippen molar-refractivity contribution in [3.05, 3.63) is 28.8 Å². The standard InChI is InChI=1S/C17H23N3O3/c18-17(23)20-6-5-11(10-20)9-19-16(22)14-7-12-3-1-2-4-13(12)8-15(14)21/h7-8,11,21H,1-6,9-10H2,(H2,18,23)(H,19,22)/t11-/m1/s1. The van der Waals surface area contributed by atoms with E-state index in [1.54, 1.807) is 11.0 Å². The fourth-order valence-electron chi connectivity index (χ4n) is 3.49. The quantitative estimate of drug-likeness (QED) is 0.786. The van der Waals surface area contributed by atoms with Gasteiger partial charge in [-0.05, 0) is 61.3 Å². The number of carbonyl (C=O) groups is 2. The molecule has 1 heterocycles. The fraction of sp³-hybridized carbons (Fsp3) is 0.529. The summed E-state index contributed by atoms with van der Waals surface area (Å²) in [5.41, 5.74) is 7.92. The number of likely N-dealkylation sites (tertiary alicyclic amines) is 1. The SMILES string of the molecule is NC(=O)N1CC[C@H](CNC(=O)c2cc3c(cc2O)CCCC3)C1. The molecule has 1 aliphatic heterocycles. The minimum atomic E-state index is -0.411. The first kappa shape index (κ1) is 15.6. The lowest BCUT2D eigenvalue weighted by molar-refractivity contribution is 0.0945. The lowest BCUT2D eigenvalue weighted by atomic mass is 9.90. The number of benzene rings is 1. The molecule has 3 amide bonds. The number of phenolic OH excluding ortho intramolecular Hbond substituents is 1. The van der Waals surface area contributed by atoms with Gasteiger partial charge in [-0.1, -0.05) is 0 Å². The molecule has 0 radical (unpaired) electrons. The molecule has 0 spiro atoms. The van der Waals surface area contributed by atoms with Crippen LogP contribution >= 0.6 is 0 Å². The number of nitrogens with zero attached hydrogens (tertiary/aromatic N) is 1. The summed E-state index contributed by atoms with van der Waals surface area (Å²) >= 11 is 0. The van der Waals surface area contributed by atoms with Gasteiger partial charge in [0.15, 0.2) is 0 Å². The highest BCUT2D eigenvalue weighted by molar-refractivity contribution is 5.97. The summed E-state index contributed by atoms with van der Waals surface area (Å²) in [4.78, 5) is 25.1. The molecular formula is C17H23N3O3. The summed E-state index contributed by atoms with van der Waals surface area (Å²) in [5, 5.41) is 13.0. The molecule has 1 saturated heterocycles. The Morgan fingerprint density at radius 3 is 2.61 bits per heavy atom. The monoisotopic (exact) mass is 317 g/mol. The average Bonchev–Trinajstić information content (AvgIpc) is 3.01. The minimum Gasteiger partial charge on any atom is -0.507 e. The summed E-state index contributed by atoms with van der Waals surface area (Å²) in [7, 11) is 0. The minimum absolute atomic E-state index is 0.0494. The first-order valence-corrected chi connectivity index (χ1v) is 8.22. The van der Waals surface area contributed by atoms with E-state index in [1.165, 1.54) is 5.56 Å². The maximum absolute atomic E-state index is 12.3. The average molecular weight is 317 g/mol. The number of nitrogens with two attached hydrogens (primary N) is 1. The highest BCUT2D eigenvalue weighted by Crippen LogP contribution is 2.28. The zero-order valence-corrected chi connectivity index (χ0v) is 13.2. The Bertz CT molecular complexity index is 630. The lowest BCUT2D eigenvalue weighted by Gasteiger charge is -2.18. The number of amides is 3. The number of rotatable bonds is 3. The Balaban J connectivity index is 1.61. The van der Waals surface area contributed by atoms with Crippen LogP contribution in [-0.2, 0) is 12.8 Å². The zero-order chi connectivity index (χ0) is 16.4. The molecule has 0 saturated carbocycles. The number of aryl methyl sites for hydroxylation is 2. The molecular weight excluding hydrogens is 294 g/mol. The Labute approximate surface area is 135 Å². The third-order valence-corrected chi connectivity index (χ3v) is 4.85. The van der Waals surface area contributed by atoms with Gasteiger partial charge in [-0.15, -0.1) is 0 Å². The van der Waals surface area contributed by atoms with Gasteiger partial charge in [0.2, 0.25) is 0 Å². The molecule has 1 aliphatic carbocycles. The van der Waals surface area contributed by atoms with Crippen LogP contribution in [0.1, 0.15) is 40.7 Å². The van der Waals surface area contributed by atoms with Crippen molar-refractivity contribution in [1.29, 1.82) is 0 Å². The summed E-state index contributed by atoms with van der Waals surface area (Å²) in [6.45, 7) is 1.70. The Hall–Kier alpha value is -2.24. The van der Waals surface area contributed by atoms with Gasteiger partial charge in [0.1, 0.15) is 5.75 Å². The summed E-state index contributed by atoms with van der Waals surface area (Å²) in [6, 6.07) is 3.14. The smallest absolute Gasteiger partial charge is 0.314 e. The highest BCUT2D eigenvalue weighted by Gasteiger charge is 2.25. The molecule has 1 fully saturated rings. The van der Waals surface area contributed by atoms with Crippen molar-refractivity contribution in [2.24, 2.45) is 11.7 Å². The summed E-state index contributed by atoms with van der Waals surface area (Å²) in [5.74, 6) is 0.00736. The molecule has 1 aromatic rings. The molecule has 1 aromatic carbocycles. The van der Waals surface area contributed by atoms with Crippen LogP contribution in [0.5, 0.6) is 5.75 Å².